The number of allylic oxidation sites excluding steroid dienone is 3. The van der Waals surface area contributed by atoms with Crippen LogP contribution >= 0.6 is 0 Å². The van der Waals surface area contributed by atoms with Crippen molar-refractivity contribution in [2.45, 2.75) is 54.2 Å². The molecule has 0 spiro atoms. The van der Waals surface area contributed by atoms with Gasteiger partial charge in [0, 0.05) is 31.8 Å². The zero-order valence-corrected chi connectivity index (χ0v) is 24.0. The molecular formula is C35H43N2O+. The first-order chi connectivity index (χ1) is 18.5. The lowest BCUT2D eigenvalue weighted by Gasteiger charge is -2.23. The van der Waals surface area contributed by atoms with Crippen LogP contribution in [0.4, 0.5) is 5.69 Å². The molecule has 0 aromatic heterocycles. The summed E-state index contributed by atoms with van der Waals surface area (Å²) in [5.41, 5.74) is 11.2. The largest absolute Gasteiger partial charge is 0.372 e. The molecule has 0 heterocycles. The average molecular weight is 508 g/mol. The smallest absolute Gasteiger partial charge is 0.254 e. The molecule has 3 nitrogen and oxygen atoms in total. The summed E-state index contributed by atoms with van der Waals surface area (Å²) in [6.07, 6.45) is 5.62. The van der Waals surface area contributed by atoms with Crippen molar-refractivity contribution in [3.63, 3.8) is 0 Å². The molecule has 4 rings (SSSR count). The minimum Gasteiger partial charge on any atom is -0.372 e. The third-order valence-corrected chi connectivity index (χ3v) is 7.45. The molecule has 0 amide bonds. The monoisotopic (exact) mass is 507 g/mol. The second-order valence-corrected chi connectivity index (χ2v) is 9.89. The van der Waals surface area contributed by atoms with Crippen molar-refractivity contribution in [2.75, 3.05) is 31.1 Å². The zero-order chi connectivity index (χ0) is 27.1. The molecule has 0 aliphatic heterocycles. The van der Waals surface area contributed by atoms with Gasteiger partial charge < -0.3 is 9.64 Å². The first kappa shape index (κ1) is 27.6. The van der Waals surface area contributed by atoms with Crippen LogP contribution in [-0.4, -0.2) is 42.8 Å². The second-order valence-electron chi connectivity index (χ2n) is 9.89. The first-order valence-corrected chi connectivity index (χ1v) is 14.2. The standard InChI is InChI=1S/C35H43N2O/c1-7-25-38-27(6)37(10-4)34-24-23-33(31-13-11-12-14-32(31)34)35(28-17-15-26(5)16-18-28)29-19-21-30(22-20-29)36(8-2)9-3/h11-24,27H,7-10,25H2,1-6H3/q+1. The lowest BCUT2D eigenvalue weighted by molar-refractivity contribution is -0.605. The third-order valence-electron chi connectivity index (χ3n) is 7.45. The van der Waals surface area contributed by atoms with Crippen molar-refractivity contribution in [1.29, 1.82) is 0 Å². The van der Waals surface area contributed by atoms with Gasteiger partial charge in [0.2, 0.25) is 5.71 Å². The highest BCUT2D eigenvalue weighted by molar-refractivity contribution is 6.17. The van der Waals surface area contributed by atoms with Crippen LogP contribution < -0.4 is 4.90 Å². The Hall–Kier alpha value is -3.43. The van der Waals surface area contributed by atoms with E-state index < -0.39 is 0 Å². The molecule has 0 N–H and O–H groups in total. The van der Waals surface area contributed by atoms with Crippen molar-refractivity contribution in [3.05, 3.63) is 113 Å². The van der Waals surface area contributed by atoms with Crippen LogP contribution in [0.25, 0.3) is 11.1 Å². The number of nitrogens with zero attached hydrogens (tertiary/aromatic N) is 2. The number of anilines is 1. The summed E-state index contributed by atoms with van der Waals surface area (Å²) >= 11 is 0. The summed E-state index contributed by atoms with van der Waals surface area (Å²) in [5.74, 6) is 0. The van der Waals surface area contributed by atoms with Crippen LogP contribution in [0.5, 0.6) is 0 Å². The van der Waals surface area contributed by atoms with E-state index in [1.165, 1.54) is 50.4 Å². The highest BCUT2D eigenvalue weighted by atomic mass is 16.5. The average Bonchev–Trinajstić information content (AvgIpc) is 2.95. The number of aryl methyl sites for hydroxylation is 1. The van der Waals surface area contributed by atoms with E-state index in [1.54, 1.807) is 0 Å². The molecule has 1 unspecified atom stereocenters. The molecule has 198 valence electrons. The van der Waals surface area contributed by atoms with E-state index >= 15 is 0 Å². The molecule has 1 aliphatic carbocycles. The summed E-state index contributed by atoms with van der Waals surface area (Å²) < 4.78 is 8.51. The number of hydrogen-bond donors (Lipinski definition) is 0. The van der Waals surface area contributed by atoms with Gasteiger partial charge in [-0.05, 0) is 86.2 Å². The van der Waals surface area contributed by atoms with Crippen LogP contribution in [0.2, 0.25) is 0 Å². The van der Waals surface area contributed by atoms with Gasteiger partial charge in [0.15, 0.2) is 0 Å². The fourth-order valence-electron chi connectivity index (χ4n) is 5.38. The van der Waals surface area contributed by atoms with Crippen molar-refractivity contribution in [2.24, 2.45) is 0 Å². The molecule has 3 aromatic rings. The minimum atomic E-state index is 0.0161. The molecule has 38 heavy (non-hydrogen) atoms. The van der Waals surface area contributed by atoms with E-state index in [0.717, 1.165) is 32.7 Å². The summed E-state index contributed by atoms with van der Waals surface area (Å²) in [6.45, 7) is 16.7. The molecule has 3 heteroatoms. The SMILES string of the molecule is CCCOC(C)[N+](CC)=C1C=CC(=C(c2ccc(C)cc2)c2ccc(N(CC)CC)cc2)c2ccccc21. The maximum atomic E-state index is 6.14. The maximum absolute atomic E-state index is 6.14. The van der Waals surface area contributed by atoms with E-state index in [9.17, 15) is 0 Å². The number of hydrogen-bond acceptors (Lipinski definition) is 2. The van der Waals surface area contributed by atoms with Crippen LogP contribution in [0.15, 0.2) is 84.9 Å². The summed E-state index contributed by atoms with van der Waals surface area (Å²) in [7, 11) is 0. The molecule has 1 aliphatic rings. The normalized spacial score (nSPS) is 16.2. The van der Waals surface area contributed by atoms with Crippen LogP contribution in [-0.2, 0) is 4.74 Å². The van der Waals surface area contributed by atoms with Gasteiger partial charge in [0.1, 0.15) is 6.54 Å². The molecule has 0 bridgehead atoms. The summed E-state index contributed by atoms with van der Waals surface area (Å²) in [4.78, 5) is 2.39. The number of rotatable bonds is 10. The van der Waals surface area contributed by atoms with Gasteiger partial charge in [-0.15, -0.1) is 0 Å². The van der Waals surface area contributed by atoms with E-state index in [0.29, 0.717) is 0 Å². The first-order valence-electron chi connectivity index (χ1n) is 14.2. The molecular weight excluding hydrogens is 464 g/mol. The molecule has 3 aromatic carbocycles. The van der Waals surface area contributed by atoms with E-state index in [2.05, 4.69) is 136 Å². The Morgan fingerprint density at radius 1 is 0.789 bits per heavy atom. The topological polar surface area (TPSA) is 15.5 Å². The number of benzene rings is 3. The van der Waals surface area contributed by atoms with Crippen molar-refractivity contribution >= 4 is 22.5 Å². The highest BCUT2D eigenvalue weighted by Crippen LogP contribution is 2.37. The predicted octanol–water partition coefficient (Wildman–Crippen LogP) is 7.96. The Kier molecular flexibility index (Phi) is 9.36. The Morgan fingerprint density at radius 2 is 1.39 bits per heavy atom. The Morgan fingerprint density at radius 3 is 1.97 bits per heavy atom. The van der Waals surface area contributed by atoms with Gasteiger partial charge in [0.25, 0.3) is 6.23 Å². The quantitative estimate of drug-likeness (QED) is 0.204. The van der Waals surface area contributed by atoms with Crippen LogP contribution in [0.3, 0.4) is 0 Å². The Balaban J connectivity index is 1.92. The number of fused-ring (bicyclic) bond motifs is 1. The summed E-state index contributed by atoms with van der Waals surface area (Å²) in [6, 6.07) is 26.8. The van der Waals surface area contributed by atoms with Crippen LogP contribution in [0, 0.1) is 6.92 Å². The lowest BCUT2D eigenvalue weighted by atomic mass is 9.83. The van der Waals surface area contributed by atoms with Gasteiger partial charge in [0.05, 0.1) is 12.2 Å². The Labute approximate surface area is 229 Å². The third kappa shape index (κ3) is 5.84. The zero-order valence-electron chi connectivity index (χ0n) is 24.0. The van der Waals surface area contributed by atoms with Gasteiger partial charge in [-0.1, -0.05) is 67.1 Å². The van der Waals surface area contributed by atoms with E-state index in [4.69, 9.17) is 4.74 Å². The fourth-order valence-corrected chi connectivity index (χ4v) is 5.38. The maximum Gasteiger partial charge on any atom is 0.254 e. The van der Waals surface area contributed by atoms with Crippen molar-refractivity contribution in [3.8, 4) is 0 Å². The molecule has 0 saturated heterocycles. The van der Waals surface area contributed by atoms with E-state index in [-0.39, 0.29) is 6.23 Å². The molecule has 1 atom stereocenters. The fraction of sp³-hybridized carbons (Fsp3) is 0.343. The molecule has 0 saturated carbocycles. The second kappa shape index (κ2) is 12.9. The van der Waals surface area contributed by atoms with Gasteiger partial charge >= 0.3 is 0 Å². The lowest BCUT2D eigenvalue weighted by Crippen LogP contribution is -2.33. The van der Waals surface area contributed by atoms with Crippen molar-refractivity contribution < 1.29 is 9.31 Å². The molecule has 0 radical (unpaired) electrons. The van der Waals surface area contributed by atoms with Gasteiger partial charge in [-0.3, -0.25) is 0 Å². The minimum absolute atomic E-state index is 0.0161. The van der Waals surface area contributed by atoms with Crippen LogP contribution in [0.1, 0.15) is 68.9 Å². The summed E-state index contributed by atoms with van der Waals surface area (Å²) in [5, 5.41) is 0. The molecule has 0 fully saturated rings. The van der Waals surface area contributed by atoms with Crippen molar-refractivity contribution in [1.82, 2.24) is 0 Å². The van der Waals surface area contributed by atoms with E-state index in [1.807, 2.05) is 0 Å². The highest BCUT2D eigenvalue weighted by Gasteiger charge is 2.27. The Bertz CT molecular complexity index is 1310. The predicted molar refractivity (Wildman–Crippen MR) is 163 cm³/mol. The number of ether oxygens (including phenoxy) is 1. The van der Waals surface area contributed by atoms with Gasteiger partial charge in [-0.2, -0.15) is 0 Å². The van der Waals surface area contributed by atoms with Gasteiger partial charge in [-0.25, -0.2) is 4.58 Å².